The van der Waals surface area contributed by atoms with Crippen LogP contribution in [-0.2, 0) is 0 Å². The number of rotatable bonds is 3. The molecule has 2 heteroatoms. The standard InChI is InChI=1S/C54H34N2/c1-2-14-37(15-3-1)55-53-25-13-10-22-47(53)50-33-36(27-31-54(50)55)35-26-29-44-48(32-35)42-19-7-6-17-40(42)39-16-4-5-18-41(39)43-30-28-38(34-49(43)44)56-51-23-11-8-20-45(51)46-21-9-12-24-52(46)56/h1-34H. The van der Waals surface area contributed by atoms with Gasteiger partial charge in [0.1, 0.15) is 0 Å². The zero-order valence-corrected chi connectivity index (χ0v) is 30.5. The molecule has 0 spiro atoms. The molecule has 0 saturated carbocycles. The zero-order valence-electron chi connectivity index (χ0n) is 30.5. The Balaban J connectivity index is 1.11. The summed E-state index contributed by atoms with van der Waals surface area (Å²) in [5.41, 5.74) is 19.5. The first-order valence-electron chi connectivity index (χ1n) is 19.4. The van der Waals surface area contributed by atoms with Crippen LogP contribution >= 0.6 is 0 Å². The van der Waals surface area contributed by atoms with Gasteiger partial charge in [-0.3, -0.25) is 0 Å². The van der Waals surface area contributed by atoms with Crippen LogP contribution in [0.2, 0.25) is 0 Å². The fourth-order valence-corrected chi connectivity index (χ4v) is 9.42. The number of aromatic nitrogens is 2. The summed E-state index contributed by atoms with van der Waals surface area (Å²) in [6.07, 6.45) is 0. The number of para-hydroxylation sites is 4. The van der Waals surface area contributed by atoms with Crippen LogP contribution in [0.15, 0.2) is 206 Å². The van der Waals surface area contributed by atoms with E-state index in [4.69, 9.17) is 0 Å². The number of hydrogen-bond donors (Lipinski definition) is 0. The Morgan fingerprint density at radius 2 is 0.607 bits per heavy atom. The maximum atomic E-state index is 2.43. The van der Waals surface area contributed by atoms with Gasteiger partial charge < -0.3 is 9.13 Å². The Kier molecular flexibility index (Phi) is 6.66. The van der Waals surface area contributed by atoms with Crippen molar-refractivity contribution in [2.75, 3.05) is 0 Å². The third kappa shape index (κ3) is 4.50. The maximum absolute atomic E-state index is 2.43. The Morgan fingerprint density at radius 3 is 1.23 bits per heavy atom. The van der Waals surface area contributed by atoms with Crippen molar-refractivity contribution >= 4 is 43.6 Å². The fourth-order valence-electron chi connectivity index (χ4n) is 9.42. The fraction of sp³-hybridized carbons (Fsp3) is 0. The highest BCUT2D eigenvalue weighted by molar-refractivity contribution is 6.12. The van der Waals surface area contributed by atoms with Crippen molar-refractivity contribution < 1.29 is 0 Å². The summed E-state index contributed by atoms with van der Waals surface area (Å²) in [5.74, 6) is 0. The van der Waals surface area contributed by atoms with Crippen LogP contribution in [0.1, 0.15) is 0 Å². The summed E-state index contributed by atoms with van der Waals surface area (Å²) in [7, 11) is 0. The third-order valence-electron chi connectivity index (χ3n) is 11.9. The topological polar surface area (TPSA) is 9.86 Å². The van der Waals surface area contributed by atoms with Gasteiger partial charge in [-0.2, -0.15) is 0 Å². The molecule has 0 fully saturated rings. The van der Waals surface area contributed by atoms with Crippen molar-refractivity contribution in [3.05, 3.63) is 206 Å². The van der Waals surface area contributed by atoms with E-state index in [1.54, 1.807) is 0 Å². The monoisotopic (exact) mass is 710 g/mol. The van der Waals surface area contributed by atoms with E-state index in [-0.39, 0.29) is 0 Å². The smallest absolute Gasteiger partial charge is 0.0541 e. The van der Waals surface area contributed by atoms with Crippen molar-refractivity contribution in [3.8, 4) is 67.0 Å². The van der Waals surface area contributed by atoms with Gasteiger partial charge in [0.05, 0.1) is 22.1 Å². The lowest BCUT2D eigenvalue weighted by molar-refractivity contribution is 1.18. The van der Waals surface area contributed by atoms with Gasteiger partial charge in [-0.15, -0.1) is 0 Å². The highest BCUT2D eigenvalue weighted by Gasteiger charge is 2.24. The van der Waals surface area contributed by atoms with E-state index in [0.717, 1.165) is 5.69 Å². The minimum absolute atomic E-state index is 1.16. The molecular weight excluding hydrogens is 677 g/mol. The van der Waals surface area contributed by atoms with Gasteiger partial charge in [0.25, 0.3) is 0 Å². The highest BCUT2D eigenvalue weighted by Crippen LogP contribution is 2.49. The Morgan fingerprint density at radius 1 is 0.214 bits per heavy atom. The lowest BCUT2D eigenvalue weighted by atomic mass is 9.80. The van der Waals surface area contributed by atoms with Crippen LogP contribution in [0.4, 0.5) is 0 Å². The summed E-state index contributed by atoms with van der Waals surface area (Å²) >= 11 is 0. The maximum Gasteiger partial charge on any atom is 0.0541 e. The minimum atomic E-state index is 1.16. The van der Waals surface area contributed by atoms with Crippen LogP contribution in [-0.4, -0.2) is 9.13 Å². The van der Waals surface area contributed by atoms with Gasteiger partial charge in [0.2, 0.25) is 0 Å². The Labute approximate surface area is 324 Å². The summed E-state index contributed by atoms with van der Waals surface area (Å²) in [5, 5.41) is 5.04. The predicted molar refractivity (Wildman–Crippen MR) is 236 cm³/mol. The number of benzene rings is 9. The van der Waals surface area contributed by atoms with Crippen LogP contribution in [0.3, 0.4) is 0 Å². The van der Waals surface area contributed by atoms with E-state index in [1.165, 1.54) is 105 Å². The second-order valence-corrected chi connectivity index (χ2v) is 14.9. The van der Waals surface area contributed by atoms with Crippen molar-refractivity contribution in [1.29, 1.82) is 0 Å². The molecule has 2 heterocycles. The SMILES string of the molecule is c1ccc(-n2c3ccccc3c3cc(-c4ccc5c(c4)-c4ccccc4-c4ccccc4-c4ccc(-n6c7ccccc7c7ccccc76)cc4-5)ccc32)cc1. The normalized spacial score (nSPS) is 11.9. The van der Waals surface area contributed by atoms with Gasteiger partial charge in [-0.25, -0.2) is 0 Å². The molecule has 1 aliphatic rings. The van der Waals surface area contributed by atoms with E-state index < -0.39 is 0 Å². The van der Waals surface area contributed by atoms with Crippen molar-refractivity contribution in [2.45, 2.75) is 0 Å². The van der Waals surface area contributed by atoms with Crippen LogP contribution in [0.5, 0.6) is 0 Å². The lowest BCUT2D eigenvalue weighted by Gasteiger charge is -2.24. The number of hydrogen-bond acceptors (Lipinski definition) is 0. The molecule has 0 saturated heterocycles. The molecular formula is C54H34N2. The Hall–Kier alpha value is -7.42. The van der Waals surface area contributed by atoms with Gasteiger partial charge >= 0.3 is 0 Å². The summed E-state index contributed by atoms with van der Waals surface area (Å²) in [4.78, 5) is 0. The average molecular weight is 711 g/mol. The molecule has 2 aromatic heterocycles. The molecule has 11 aromatic rings. The largest absolute Gasteiger partial charge is 0.309 e. The first kappa shape index (κ1) is 31.0. The van der Waals surface area contributed by atoms with Crippen molar-refractivity contribution in [3.63, 3.8) is 0 Å². The summed E-state index contributed by atoms with van der Waals surface area (Å²) in [6, 6.07) is 76.0. The van der Waals surface area contributed by atoms with Gasteiger partial charge in [-0.1, -0.05) is 146 Å². The molecule has 0 atom stereocenters. The van der Waals surface area contributed by atoms with Crippen LogP contribution in [0.25, 0.3) is 111 Å². The van der Waals surface area contributed by atoms with Gasteiger partial charge in [-0.05, 0) is 116 Å². The molecule has 12 rings (SSSR count). The molecule has 9 aromatic carbocycles. The van der Waals surface area contributed by atoms with E-state index in [9.17, 15) is 0 Å². The molecule has 56 heavy (non-hydrogen) atoms. The quantitative estimate of drug-likeness (QED) is 0.173. The number of nitrogens with zero attached hydrogens (tertiary/aromatic N) is 2. The van der Waals surface area contributed by atoms with Crippen molar-refractivity contribution in [2.24, 2.45) is 0 Å². The molecule has 0 amide bonds. The molecule has 0 N–H and O–H groups in total. The van der Waals surface area contributed by atoms with Gasteiger partial charge in [0.15, 0.2) is 0 Å². The second-order valence-electron chi connectivity index (χ2n) is 14.9. The second kappa shape index (κ2) is 12.0. The molecule has 0 bridgehead atoms. The zero-order chi connectivity index (χ0) is 36.7. The first-order valence-corrected chi connectivity index (χ1v) is 19.4. The minimum Gasteiger partial charge on any atom is -0.309 e. The first-order chi connectivity index (χ1) is 27.8. The van der Waals surface area contributed by atoms with E-state index in [2.05, 4.69) is 215 Å². The number of fused-ring (bicyclic) bond motifs is 14. The average Bonchev–Trinajstić information content (AvgIpc) is 3.79. The lowest BCUT2D eigenvalue weighted by Crippen LogP contribution is -2.00. The summed E-state index contributed by atoms with van der Waals surface area (Å²) < 4.78 is 4.81. The van der Waals surface area contributed by atoms with Gasteiger partial charge in [0, 0.05) is 32.9 Å². The molecule has 1 aliphatic carbocycles. The van der Waals surface area contributed by atoms with Crippen LogP contribution in [0, 0.1) is 0 Å². The van der Waals surface area contributed by atoms with E-state index >= 15 is 0 Å². The van der Waals surface area contributed by atoms with Crippen LogP contribution < -0.4 is 0 Å². The molecule has 2 nitrogen and oxygen atoms in total. The molecule has 0 unspecified atom stereocenters. The summed E-state index contributed by atoms with van der Waals surface area (Å²) in [6.45, 7) is 0. The molecule has 260 valence electrons. The molecule has 0 radical (unpaired) electrons. The van der Waals surface area contributed by atoms with Crippen molar-refractivity contribution in [1.82, 2.24) is 9.13 Å². The Bertz CT molecular complexity index is 3310. The predicted octanol–water partition coefficient (Wildman–Crippen LogP) is 14.5. The highest BCUT2D eigenvalue weighted by atomic mass is 15.0. The molecule has 0 aliphatic heterocycles. The van der Waals surface area contributed by atoms with E-state index in [1.807, 2.05) is 0 Å². The third-order valence-corrected chi connectivity index (χ3v) is 11.9. The van der Waals surface area contributed by atoms with E-state index in [0.29, 0.717) is 0 Å².